The van der Waals surface area contributed by atoms with E-state index in [-0.39, 0.29) is 24.0 Å². The fourth-order valence-electron chi connectivity index (χ4n) is 3.58. The molecule has 8 nitrogen and oxygen atoms in total. The molecule has 3 unspecified atom stereocenters. The quantitative estimate of drug-likeness (QED) is 0.511. The van der Waals surface area contributed by atoms with Gasteiger partial charge >= 0.3 is 0 Å². The topological polar surface area (TPSA) is 100 Å². The number of aromatic nitrogens is 2. The predicted molar refractivity (Wildman–Crippen MR) is 110 cm³/mol. The van der Waals surface area contributed by atoms with Gasteiger partial charge in [0, 0.05) is 6.04 Å². The maximum atomic E-state index is 12.7. The van der Waals surface area contributed by atoms with Gasteiger partial charge in [0.2, 0.25) is 5.91 Å². The lowest BCUT2D eigenvalue weighted by atomic mass is 10.0. The van der Waals surface area contributed by atoms with Crippen LogP contribution in [0.25, 0.3) is 11.0 Å². The molecule has 4 N–H and O–H groups in total. The van der Waals surface area contributed by atoms with E-state index in [2.05, 4.69) is 26.1 Å². The van der Waals surface area contributed by atoms with Crippen LogP contribution in [0.3, 0.4) is 0 Å². The number of imidazole rings is 1. The largest absolute Gasteiger partial charge is 0.493 e. The normalized spacial score (nSPS) is 19.8. The minimum Gasteiger partial charge on any atom is -0.493 e. The van der Waals surface area contributed by atoms with Crippen molar-refractivity contribution in [1.82, 2.24) is 26.1 Å². The van der Waals surface area contributed by atoms with E-state index in [4.69, 9.17) is 9.47 Å². The standard InChI is InChI=1S/C21H25N5O3/c1-12(20-23-14-6-4-5-7-15(14)24-20)22-21(27)17-11-16(25-26-17)13-8-9-18(28-2)19(10-13)29-3/h4-10,12,16-17,25-26H,11H2,1-3H3,(H,22,27)(H,23,24). The Morgan fingerprint density at radius 2 is 1.93 bits per heavy atom. The number of hydrogen-bond acceptors (Lipinski definition) is 6. The van der Waals surface area contributed by atoms with Crippen LogP contribution < -0.4 is 25.6 Å². The number of methoxy groups -OCH3 is 2. The molecule has 3 aromatic rings. The van der Waals surface area contributed by atoms with Gasteiger partial charge < -0.3 is 19.8 Å². The van der Waals surface area contributed by atoms with Gasteiger partial charge in [-0.2, -0.15) is 0 Å². The number of benzene rings is 2. The first-order chi connectivity index (χ1) is 14.1. The van der Waals surface area contributed by atoms with Crippen molar-refractivity contribution in [1.29, 1.82) is 0 Å². The summed E-state index contributed by atoms with van der Waals surface area (Å²) in [6.45, 7) is 1.92. The summed E-state index contributed by atoms with van der Waals surface area (Å²) >= 11 is 0. The summed E-state index contributed by atoms with van der Waals surface area (Å²) in [5.74, 6) is 2.00. The lowest BCUT2D eigenvalue weighted by molar-refractivity contribution is -0.123. The molecule has 2 aromatic carbocycles. The summed E-state index contributed by atoms with van der Waals surface area (Å²) in [6, 6.07) is 13.0. The number of carbonyl (C=O) groups excluding carboxylic acids is 1. The SMILES string of the molecule is COc1ccc(C2CC(C(=O)NC(C)c3nc4ccccc4[nH]3)NN2)cc1OC. The van der Waals surface area contributed by atoms with Crippen LogP contribution in [0, 0.1) is 0 Å². The van der Waals surface area contributed by atoms with Crippen molar-refractivity contribution in [3.63, 3.8) is 0 Å². The van der Waals surface area contributed by atoms with Crippen LogP contribution in [0.2, 0.25) is 0 Å². The molecule has 0 bridgehead atoms. The number of nitrogens with zero attached hydrogens (tertiary/aromatic N) is 1. The number of H-pyrrole nitrogens is 1. The van der Waals surface area contributed by atoms with E-state index in [1.165, 1.54) is 0 Å². The first-order valence-corrected chi connectivity index (χ1v) is 9.57. The van der Waals surface area contributed by atoms with Crippen molar-refractivity contribution in [2.75, 3.05) is 14.2 Å². The van der Waals surface area contributed by atoms with Crippen LogP contribution in [0.4, 0.5) is 0 Å². The molecular formula is C21H25N5O3. The molecule has 8 heteroatoms. The third kappa shape index (κ3) is 3.90. The van der Waals surface area contributed by atoms with Crippen LogP contribution in [0.5, 0.6) is 11.5 Å². The lowest BCUT2D eigenvalue weighted by Gasteiger charge is -2.15. The molecular weight excluding hydrogens is 370 g/mol. The zero-order valence-corrected chi connectivity index (χ0v) is 16.7. The summed E-state index contributed by atoms with van der Waals surface area (Å²) in [7, 11) is 3.22. The number of amides is 1. The number of fused-ring (bicyclic) bond motifs is 1. The molecule has 3 atom stereocenters. The van der Waals surface area contributed by atoms with Crippen LogP contribution in [-0.2, 0) is 4.79 Å². The Kier molecular flexibility index (Phi) is 5.37. The second-order valence-corrected chi connectivity index (χ2v) is 7.11. The number of hydrogen-bond donors (Lipinski definition) is 4. The molecule has 0 saturated carbocycles. The maximum Gasteiger partial charge on any atom is 0.239 e. The molecule has 1 fully saturated rings. The average molecular weight is 395 g/mol. The number of ether oxygens (including phenoxy) is 2. The van der Waals surface area contributed by atoms with Crippen molar-refractivity contribution in [3.8, 4) is 11.5 Å². The van der Waals surface area contributed by atoms with E-state index >= 15 is 0 Å². The van der Waals surface area contributed by atoms with E-state index in [0.29, 0.717) is 17.9 Å². The van der Waals surface area contributed by atoms with E-state index < -0.39 is 0 Å². The molecule has 2 heterocycles. The first kappa shape index (κ1) is 19.2. The third-order valence-electron chi connectivity index (χ3n) is 5.21. The Labute approximate surface area is 169 Å². The predicted octanol–water partition coefficient (Wildman–Crippen LogP) is 2.37. The highest BCUT2D eigenvalue weighted by Gasteiger charge is 2.31. The Balaban J connectivity index is 1.40. The molecule has 4 rings (SSSR count). The summed E-state index contributed by atoms with van der Waals surface area (Å²) in [4.78, 5) is 20.6. The van der Waals surface area contributed by atoms with E-state index in [0.717, 1.165) is 22.4 Å². The number of nitrogens with one attached hydrogen (secondary N) is 4. The highest BCUT2D eigenvalue weighted by Crippen LogP contribution is 2.32. The second-order valence-electron chi connectivity index (χ2n) is 7.11. The fourth-order valence-corrected chi connectivity index (χ4v) is 3.58. The number of rotatable bonds is 6. The smallest absolute Gasteiger partial charge is 0.239 e. The van der Waals surface area contributed by atoms with Gasteiger partial charge in [0.1, 0.15) is 11.9 Å². The van der Waals surface area contributed by atoms with Crippen LogP contribution in [-0.4, -0.2) is 36.1 Å². The summed E-state index contributed by atoms with van der Waals surface area (Å²) in [6.07, 6.45) is 0.619. The third-order valence-corrected chi connectivity index (χ3v) is 5.21. The fraction of sp³-hybridized carbons (Fsp3) is 0.333. The molecule has 152 valence electrons. The van der Waals surface area contributed by atoms with Gasteiger partial charge in [0.25, 0.3) is 0 Å². The molecule has 0 radical (unpaired) electrons. The number of carbonyl (C=O) groups is 1. The molecule has 0 aliphatic carbocycles. The molecule has 0 spiro atoms. The molecule has 1 amide bonds. The first-order valence-electron chi connectivity index (χ1n) is 9.57. The van der Waals surface area contributed by atoms with Crippen LogP contribution >= 0.6 is 0 Å². The van der Waals surface area contributed by atoms with Crippen molar-refractivity contribution in [2.24, 2.45) is 0 Å². The van der Waals surface area contributed by atoms with Gasteiger partial charge in [-0.05, 0) is 43.2 Å². The van der Waals surface area contributed by atoms with Crippen molar-refractivity contribution in [3.05, 3.63) is 53.9 Å². The van der Waals surface area contributed by atoms with E-state index in [1.807, 2.05) is 49.4 Å². The van der Waals surface area contributed by atoms with E-state index in [9.17, 15) is 4.79 Å². The van der Waals surface area contributed by atoms with Crippen molar-refractivity contribution >= 4 is 16.9 Å². The minimum atomic E-state index is -0.347. The monoisotopic (exact) mass is 395 g/mol. The Hall–Kier alpha value is -3.10. The van der Waals surface area contributed by atoms with Gasteiger partial charge in [-0.3, -0.25) is 4.79 Å². The molecule has 1 aromatic heterocycles. The minimum absolute atomic E-state index is 0.00735. The average Bonchev–Trinajstić information content (AvgIpc) is 3.40. The second kappa shape index (κ2) is 8.10. The maximum absolute atomic E-state index is 12.7. The van der Waals surface area contributed by atoms with Crippen molar-refractivity contribution < 1.29 is 14.3 Å². The van der Waals surface area contributed by atoms with Gasteiger partial charge in [0.15, 0.2) is 11.5 Å². The number of para-hydroxylation sites is 2. The zero-order valence-electron chi connectivity index (χ0n) is 16.7. The van der Waals surface area contributed by atoms with Crippen molar-refractivity contribution in [2.45, 2.75) is 31.5 Å². The van der Waals surface area contributed by atoms with Crippen LogP contribution in [0.1, 0.15) is 36.8 Å². The summed E-state index contributed by atoms with van der Waals surface area (Å²) < 4.78 is 10.7. The zero-order chi connectivity index (χ0) is 20.4. The lowest BCUT2D eigenvalue weighted by Crippen LogP contribution is -2.44. The summed E-state index contributed by atoms with van der Waals surface area (Å²) in [5, 5.41) is 3.03. The Bertz CT molecular complexity index is 985. The highest BCUT2D eigenvalue weighted by atomic mass is 16.5. The molecule has 1 aliphatic heterocycles. The molecule has 1 aliphatic rings. The Morgan fingerprint density at radius 3 is 2.69 bits per heavy atom. The summed E-state index contributed by atoms with van der Waals surface area (Å²) in [5.41, 5.74) is 9.15. The van der Waals surface area contributed by atoms with Gasteiger partial charge in [-0.25, -0.2) is 15.8 Å². The molecule has 1 saturated heterocycles. The number of aromatic amines is 1. The van der Waals surface area contributed by atoms with E-state index in [1.54, 1.807) is 14.2 Å². The van der Waals surface area contributed by atoms with Crippen LogP contribution in [0.15, 0.2) is 42.5 Å². The van der Waals surface area contributed by atoms with Gasteiger partial charge in [-0.15, -0.1) is 0 Å². The highest BCUT2D eigenvalue weighted by molar-refractivity contribution is 5.82. The van der Waals surface area contributed by atoms with Gasteiger partial charge in [0.05, 0.1) is 31.3 Å². The number of hydrazine groups is 1. The molecule has 29 heavy (non-hydrogen) atoms. The Morgan fingerprint density at radius 1 is 1.14 bits per heavy atom. The van der Waals surface area contributed by atoms with Gasteiger partial charge in [-0.1, -0.05) is 18.2 Å².